The maximum Gasteiger partial charge on any atom is 0.433 e. The minimum absolute atomic E-state index is 0.220. The fourth-order valence-corrected chi connectivity index (χ4v) is 3.88. The minimum Gasteiger partial charge on any atom is -0.320 e. The highest BCUT2D eigenvalue weighted by Crippen LogP contribution is 2.36. The number of aromatic amines is 1. The van der Waals surface area contributed by atoms with Crippen LogP contribution in [-0.4, -0.2) is 21.1 Å². The Bertz CT molecular complexity index is 1170. The largest absolute Gasteiger partial charge is 0.433 e. The van der Waals surface area contributed by atoms with Crippen molar-refractivity contribution in [2.75, 3.05) is 5.32 Å². The van der Waals surface area contributed by atoms with Gasteiger partial charge in [0.2, 0.25) is 0 Å². The van der Waals surface area contributed by atoms with E-state index in [1.54, 1.807) is 12.3 Å². The van der Waals surface area contributed by atoms with Crippen molar-refractivity contribution < 1.29 is 18.0 Å². The summed E-state index contributed by atoms with van der Waals surface area (Å²) in [6.45, 7) is 1.56. The topological polar surface area (TPSA) is 70.7 Å². The van der Waals surface area contributed by atoms with Crippen molar-refractivity contribution in [1.82, 2.24) is 15.2 Å². The molecule has 28 heavy (non-hydrogen) atoms. The number of hydrogen-bond donors (Lipinski definition) is 2. The second kappa shape index (κ2) is 6.75. The van der Waals surface area contributed by atoms with Crippen LogP contribution in [0.1, 0.15) is 21.6 Å². The van der Waals surface area contributed by atoms with Gasteiger partial charge in [-0.25, -0.2) is 4.98 Å². The van der Waals surface area contributed by atoms with Gasteiger partial charge in [-0.15, -0.1) is 11.3 Å². The molecule has 0 bridgehead atoms. The Labute approximate surface area is 161 Å². The number of carbonyl (C=O) groups excluding carboxylic acids is 1. The number of nitrogens with one attached hydrogen (secondary N) is 2. The summed E-state index contributed by atoms with van der Waals surface area (Å²) in [5.41, 5.74) is 1.47. The third-order valence-corrected chi connectivity index (χ3v) is 5.08. The standard InChI is InChI=1S/C19H13F3N4OS/c1-10-7-14(19(20,21)22)25-18-15(10)13(9-28-18)24-17(27)12-8-23-26-16(12)11-5-3-2-4-6-11/h2-9H,1H3,(H,23,26)(H,24,27). The van der Waals surface area contributed by atoms with Crippen LogP contribution < -0.4 is 5.32 Å². The number of thiophene rings is 1. The van der Waals surface area contributed by atoms with Crippen molar-refractivity contribution in [1.29, 1.82) is 0 Å². The zero-order chi connectivity index (χ0) is 19.9. The normalized spacial score (nSPS) is 11.7. The number of alkyl halides is 3. The lowest BCUT2D eigenvalue weighted by Gasteiger charge is -2.09. The van der Waals surface area contributed by atoms with Gasteiger partial charge >= 0.3 is 6.18 Å². The van der Waals surface area contributed by atoms with Crippen LogP contribution in [0.15, 0.2) is 48.0 Å². The molecule has 4 aromatic rings. The molecule has 9 heteroatoms. The molecule has 0 atom stereocenters. The second-order valence-corrected chi connectivity index (χ2v) is 6.98. The molecule has 0 aliphatic heterocycles. The van der Waals surface area contributed by atoms with E-state index in [2.05, 4.69) is 20.5 Å². The fourth-order valence-electron chi connectivity index (χ4n) is 2.94. The van der Waals surface area contributed by atoms with Crippen LogP contribution in [0.2, 0.25) is 0 Å². The van der Waals surface area contributed by atoms with Crippen molar-refractivity contribution in [3.05, 3.63) is 64.8 Å². The minimum atomic E-state index is -4.52. The number of nitrogens with zero attached hydrogens (tertiary/aromatic N) is 2. The zero-order valence-electron chi connectivity index (χ0n) is 14.5. The van der Waals surface area contributed by atoms with Crippen LogP contribution in [-0.2, 0) is 6.18 Å². The summed E-state index contributed by atoms with van der Waals surface area (Å²) in [6, 6.07) is 10.2. The van der Waals surface area contributed by atoms with Gasteiger partial charge in [0.1, 0.15) is 16.2 Å². The van der Waals surface area contributed by atoms with Crippen LogP contribution in [0.5, 0.6) is 0 Å². The number of amides is 1. The third-order valence-electron chi connectivity index (χ3n) is 4.21. The highest BCUT2D eigenvalue weighted by Gasteiger charge is 2.33. The van der Waals surface area contributed by atoms with Gasteiger partial charge in [0.15, 0.2) is 0 Å². The SMILES string of the molecule is Cc1cc(C(F)(F)F)nc2scc(NC(=O)c3c[nH]nc3-c3ccccc3)c12. The van der Waals surface area contributed by atoms with Crippen molar-refractivity contribution in [2.45, 2.75) is 13.1 Å². The first-order valence-electron chi connectivity index (χ1n) is 8.21. The molecule has 1 aromatic carbocycles. The number of halogens is 3. The molecule has 4 rings (SSSR count). The van der Waals surface area contributed by atoms with Gasteiger partial charge in [-0.1, -0.05) is 30.3 Å². The van der Waals surface area contributed by atoms with Gasteiger partial charge in [-0.05, 0) is 18.6 Å². The number of benzene rings is 1. The first-order valence-corrected chi connectivity index (χ1v) is 9.09. The lowest BCUT2D eigenvalue weighted by Crippen LogP contribution is -2.12. The summed E-state index contributed by atoms with van der Waals surface area (Å²) >= 11 is 1.05. The maximum absolute atomic E-state index is 13.0. The van der Waals surface area contributed by atoms with E-state index in [1.165, 1.54) is 6.20 Å². The molecule has 142 valence electrons. The molecule has 0 saturated carbocycles. The summed E-state index contributed by atoms with van der Waals surface area (Å²) in [5.74, 6) is -0.411. The van der Waals surface area contributed by atoms with E-state index in [0.717, 1.165) is 23.0 Å². The summed E-state index contributed by atoms with van der Waals surface area (Å²) in [7, 11) is 0. The first kappa shape index (κ1) is 18.2. The van der Waals surface area contributed by atoms with Gasteiger partial charge < -0.3 is 5.32 Å². The summed E-state index contributed by atoms with van der Waals surface area (Å²) in [6.07, 6.45) is -3.03. The first-order chi connectivity index (χ1) is 13.3. The highest BCUT2D eigenvalue weighted by atomic mass is 32.1. The molecule has 0 aliphatic rings. The third kappa shape index (κ3) is 3.24. The van der Waals surface area contributed by atoms with Crippen LogP contribution in [0.3, 0.4) is 0 Å². The van der Waals surface area contributed by atoms with E-state index in [-0.39, 0.29) is 4.83 Å². The molecule has 2 N–H and O–H groups in total. The molecular formula is C19H13F3N4OS. The molecule has 0 fully saturated rings. The Balaban J connectivity index is 1.68. The quantitative estimate of drug-likeness (QED) is 0.491. The van der Waals surface area contributed by atoms with Crippen LogP contribution >= 0.6 is 11.3 Å². The Kier molecular flexibility index (Phi) is 4.38. The molecule has 1 amide bonds. The molecule has 3 heterocycles. The molecule has 5 nitrogen and oxygen atoms in total. The summed E-state index contributed by atoms with van der Waals surface area (Å²) < 4.78 is 38.9. The predicted molar refractivity (Wildman–Crippen MR) is 101 cm³/mol. The molecule has 3 aromatic heterocycles. The lowest BCUT2D eigenvalue weighted by atomic mass is 10.1. The van der Waals surface area contributed by atoms with E-state index in [0.29, 0.717) is 27.9 Å². The molecular weight excluding hydrogens is 389 g/mol. The number of carbonyl (C=O) groups is 1. The molecule has 0 unspecified atom stereocenters. The monoisotopic (exact) mass is 402 g/mol. The van der Waals surface area contributed by atoms with Crippen LogP contribution in [0.4, 0.5) is 18.9 Å². The maximum atomic E-state index is 13.0. The Morgan fingerprint density at radius 3 is 2.68 bits per heavy atom. The number of H-pyrrole nitrogens is 1. The van der Waals surface area contributed by atoms with Crippen molar-refractivity contribution in [2.24, 2.45) is 0 Å². The Morgan fingerprint density at radius 2 is 1.96 bits per heavy atom. The highest BCUT2D eigenvalue weighted by molar-refractivity contribution is 7.17. The molecule has 0 spiro atoms. The molecule has 0 saturated heterocycles. The predicted octanol–water partition coefficient (Wildman–Crippen LogP) is 5.27. The van der Waals surface area contributed by atoms with E-state index in [9.17, 15) is 18.0 Å². The number of hydrogen-bond acceptors (Lipinski definition) is 4. The Morgan fingerprint density at radius 1 is 1.21 bits per heavy atom. The van der Waals surface area contributed by atoms with Gasteiger partial charge in [0.05, 0.1) is 11.3 Å². The Hall–Kier alpha value is -3.20. The van der Waals surface area contributed by atoms with Gasteiger partial charge in [0, 0.05) is 22.5 Å². The van der Waals surface area contributed by atoms with Crippen molar-refractivity contribution in [3.63, 3.8) is 0 Å². The average molecular weight is 402 g/mol. The number of pyridine rings is 1. The number of aromatic nitrogens is 3. The van der Waals surface area contributed by atoms with E-state index >= 15 is 0 Å². The number of fused-ring (bicyclic) bond motifs is 1. The fraction of sp³-hybridized carbons (Fsp3) is 0.105. The van der Waals surface area contributed by atoms with Crippen molar-refractivity contribution >= 4 is 33.1 Å². The number of aryl methyl sites for hydroxylation is 1. The van der Waals surface area contributed by atoms with Gasteiger partial charge in [-0.2, -0.15) is 18.3 Å². The van der Waals surface area contributed by atoms with Gasteiger partial charge in [0.25, 0.3) is 5.91 Å². The molecule has 0 aliphatic carbocycles. The average Bonchev–Trinajstić information content (AvgIpc) is 3.29. The summed E-state index contributed by atoms with van der Waals surface area (Å²) in [5, 5.41) is 11.7. The zero-order valence-corrected chi connectivity index (χ0v) is 15.3. The van der Waals surface area contributed by atoms with E-state index in [4.69, 9.17) is 0 Å². The number of rotatable bonds is 3. The van der Waals surface area contributed by atoms with Gasteiger partial charge in [-0.3, -0.25) is 9.89 Å². The second-order valence-electron chi connectivity index (χ2n) is 6.12. The summed E-state index contributed by atoms with van der Waals surface area (Å²) in [4.78, 5) is 16.7. The number of anilines is 1. The van der Waals surface area contributed by atoms with Crippen LogP contribution in [0.25, 0.3) is 21.5 Å². The van der Waals surface area contributed by atoms with E-state index in [1.807, 2.05) is 30.3 Å². The van der Waals surface area contributed by atoms with Crippen LogP contribution in [0, 0.1) is 6.92 Å². The van der Waals surface area contributed by atoms with Crippen molar-refractivity contribution in [3.8, 4) is 11.3 Å². The smallest absolute Gasteiger partial charge is 0.320 e. The lowest BCUT2D eigenvalue weighted by molar-refractivity contribution is -0.141. The molecule has 0 radical (unpaired) electrons. The van der Waals surface area contributed by atoms with E-state index < -0.39 is 17.8 Å².